The zero-order chi connectivity index (χ0) is 14.5. The zero-order valence-electron chi connectivity index (χ0n) is 11.4. The Labute approximate surface area is 123 Å². The van der Waals surface area contributed by atoms with E-state index in [-0.39, 0.29) is 5.78 Å². The van der Waals surface area contributed by atoms with Crippen LogP contribution in [0.15, 0.2) is 42.5 Å². The van der Waals surface area contributed by atoms with Crippen LogP contribution in [0.25, 0.3) is 0 Å². The van der Waals surface area contributed by atoms with Gasteiger partial charge in [-0.05, 0) is 42.8 Å². The van der Waals surface area contributed by atoms with Crippen molar-refractivity contribution in [2.45, 2.75) is 13.5 Å². The van der Waals surface area contributed by atoms with Crippen molar-refractivity contribution in [2.24, 2.45) is 0 Å². The molecule has 0 aliphatic heterocycles. The molecule has 2 aromatic carbocycles. The molecule has 0 atom stereocenters. The molecule has 0 spiro atoms. The molecule has 0 aliphatic rings. The first kappa shape index (κ1) is 14.4. The lowest BCUT2D eigenvalue weighted by Gasteiger charge is -2.10. The third kappa shape index (κ3) is 3.52. The number of methoxy groups -OCH3 is 1. The highest BCUT2D eigenvalue weighted by atomic mass is 35.5. The van der Waals surface area contributed by atoms with Crippen molar-refractivity contribution >= 4 is 17.4 Å². The van der Waals surface area contributed by atoms with Crippen LogP contribution in [0, 0.1) is 0 Å². The zero-order valence-corrected chi connectivity index (χ0v) is 12.1. The quantitative estimate of drug-likeness (QED) is 0.777. The number of halogens is 1. The van der Waals surface area contributed by atoms with Gasteiger partial charge in [-0.15, -0.1) is 0 Å². The number of ether oxygens (including phenoxy) is 2. The summed E-state index contributed by atoms with van der Waals surface area (Å²) in [5.41, 5.74) is 1.49. The standard InChI is InChI=1S/C16H15ClO3/c1-11(18)15-9-13(17)5-8-16(15)20-10-12-3-6-14(19-2)7-4-12/h3-9H,10H2,1-2H3. The number of rotatable bonds is 5. The fourth-order valence-corrected chi connectivity index (χ4v) is 1.96. The van der Waals surface area contributed by atoms with Gasteiger partial charge in [-0.3, -0.25) is 4.79 Å². The van der Waals surface area contributed by atoms with Gasteiger partial charge in [0, 0.05) is 5.02 Å². The number of benzene rings is 2. The van der Waals surface area contributed by atoms with Crippen LogP contribution < -0.4 is 9.47 Å². The molecule has 20 heavy (non-hydrogen) atoms. The van der Waals surface area contributed by atoms with E-state index in [2.05, 4.69) is 0 Å². The summed E-state index contributed by atoms with van der Waals surface area (Å²) >= 11 is 5.89. The average molecular weight is 291 g/mol. The minimum Gasteiger partial charge on any atom is -0.497 e. The summed E-state index contributed by atoms with van der Waals surface area (Å²) < 4.78 is 10.8. The molecule has 3 nitrogen and oxygen atoms in total. The van der Waals surface area contributed by atoms with Crippen molar-refractivity contribution in [1.82, 2.24) is 0 Å². The van der Waals surface area contributed by atoms with E-state index in [0.29, 0.717) is 22.9 Å². The Bertz CT molecular complexity index is 606. The summed E-state index contributed by atoms with van der Waals surface area (Å²) in [5.74, 6) is 1.26. The van der Waals surface area contributed by atoms with Gasteiger partial charge in [0.2, 0.25) is 0 Å². The second-order valence-electron chi connectivity index (χ2n) is 4.33. The number of ketones is 1. The molecule has 0 amide bonds. The van der Waals surface area contributed by atoms with Crippen LogP contribution >= 0.6 is 11.6 Å². The maximum absolute atomic E-state index is 11.6. The predicted octanol–water partition coefficient (Wildman–Crippen LogP) is 4.13. The molecule has 0 heterocycles. The fraction of sp³-hybridized carbons (Fsp3) is 0.188. The minimum atomic E-state index is -0.0720. The monoisotopic (exact) mass is 290 g/mol. The van der Waals surface area contributed by atoms with Crippen LogP contribution in [0.3, 0.4) is 0 Å². The van der Waals surface area contributed by atoms with E-state index in [1.807, 2.05) is 24.3 Å². The van der Waals surface area contributed by atoms with Crippen LogP contribution in [0.4, 0.5) is 0 Å². The Morgan fingerprint density at radius 3 is 2.45 bits per heavy atom. The van der Waals surface area contributed by atoms with E-state index < -0.39 is 0 Å². The summed E-state index contributed by atoms with van der Waals surface area (Å²) in [7, 11) is 1.62. The normalized spacial score (nSPS) is 10.2. The van der Waals surface area contributed by atoms with E-state index in [4.69, 9.17) is 21.1 Å². The Morgan fingerprint density at radius 1 is 1.15 bits per heavy atom. The molecule has 0 bridgehead atoms. The van der Waals surface area contributed by atoms with Gasteiger partial charge in [0.25, 0.3) is 0 Å². The van der Waals surface area contributed by atoms with Gasteiger partial charge in [0.15, 0.2) is 5.78 Å². The number of Topliss-reactive ketones (excluding diaryl/α,β-unsaturated/α-hetero) is 1. The predicted molar refractivity (Wildman–Crippen MR) is 78.8 cm³/mol. The van der Waals surface area contributed by atoms with Crippen molar-refractivity contribution in [2.75, 3.05) is 7.11 Å². The lowest BCUT2D eigenvalue weighted by molar-refractivity contribution is 0.101. The van der Waals surface area contributed by atoms with Gasteiger partial charge in [-0.1, -0.05) is 23.7 Å². The first-order valence-electron chi connectivity index (χ1n) is 6.16. The highest BCUT2D eigenvalue weighted by molar-refractivity contribution is 6.31. The fourth-order valence-electron chi connectivity index (χ4n) is 1.79. The summed E-state index contributed by atoms with van der Waals surface area (Å²) in [6.45, 7) is 1.87. The van der Waals surface area contributed by atoms with Gasteiger partial charge in [0.05, 0.1) is 12.7 Å². The molecule has 0 saturated heterocycles. The molecule has 2 aromatic rings. The van der Waals surface area contributed by atoms with E-state index in [1.165, 1.54) is 6.92 Å². The second kappa shape index (κ2) is 6.44. The Kier molecular flexibility index (Phi) is 4.64. The molecule has 0 fully saturated rings. The van der Waals surface area contributed by atoms with Crippen molar-refractivity contribution < 1.29 is 14.3 Å². The molecule has 0 N–H and O–H groups in total. The topological polar surface area (TPSA) is 35.5 Å². The summed E-state index contributed by atoms with van der Waals surface area (Å²) in [6, 6.07) is 12.6. The molecule has 2 rings (SSSR count). The Balaban J connectivity index is 2.12. The highest BCUT2D eigenvalue weighted by Crippen LogP contribution is 2.24. The number of carbonyl (C=O) groups is 1. The van der Waals surface area contributed by atoms with Crippen molar-refractivity contribution in [3.63, 3.8) is 0 Å². The van der Waals surface area contributed by atoms with E-state index >= 15 is 0 Å². The molecule has 0 saturated carbocycles. The third-order valence-electron chi connectivity index (χ3n) is 2.87. The van der Waals surface area contributed by atoms with Crippen LogP contribution in [0.5, 0.6) is 11.5 Å². The second-order valence-corrected chi connectivity index (χ2v) is 4.77. The number of hydrogen-bond acceptors (Lipinski definition) is 3. The van der Waals surface area contributed by atoms with Crippen molar-refractivity contribution in [1.29, 1.82) is 0 Å². The highest BCUT2D eigenvalue weighted by Gasteiger charge is 2.09. The van der Waals surface area contributed by atoms with E-state index in [1.54, 1.807) is 25.3 Å². The van der Waals surface area contributed by atoms with Crippen LogP contribution in [0.2, 0.25) is 5.02 Å². The first-order chi connectivity index (χ1) is 9.60. The molecule has 0 unspecified atom stereocenters. The van der Waals surface area contributed by atoms with Gasteiger partial charge in [-0.25, -0.2) is 0 Å². The molecular weight excluding hydrogens is 276 g/mol. The molecule has 0 radical (unpaired) electrons. The van der Waals surface area contributed by atoms with E-state index in [0.717, 1.165) is 11.3 Å². The molecule has 0 aromatic heterocycles. The average Bonchev–Trinajstić information content (AvgIpc) is 2.46. The lowest BCUT2D eigenvalue weighted by atomic mass is 10.1. The van der Waals surface area contributed by atoms with Gasteiger partial charge >= 0.3 is 0 Å². The van der Waals surface area contributed by atoms with Crippen molar-refractivity contribution in [3.8, 4) is 11.5 Å². The van der Waals surface area contributed by atoms with Crippen molar-refractivity contribution in [3.05, 3.63) is 58.6 Å². The largest absolute Gasteiger partial charge is 0.497 e. The SMILES string of the molecule is COc1ccc(COc2ccc(Cl)cc2C(C)=O)cc1. The van der Waals surface area contributed by atoms with Gasteiger partial charge < -0.3 is 9.47 Å². The summed E-state index contributed by atoms with van der Waals surface area (Å²) in [6.07, 6.45) is 0. The Morgan fingerprint density at radius 2 is 1.85 bits per heavy atom. The van der Waals surface area contributed by atoms with Crippen LogP contribution in [-0.2, 0) is 6.61 Å². The molecule has 0 aliphatic carbocycles. The summed E-state index contributed by atoms with van der Waals surface area (Å²) in [4.78, 5) is 11.6. The maximum atomic E-state index is 11.6. The third-order valence-corrected chi connectivity index (χ3v) is 3.11. The lowest BCUT2D eigenvalue weighted by Crippen LogP contribution is -2.01. The number of carbonyl (C=O) groups excluding carboxylic acids is 1. The number of hydrogen-bond donors (Lipinski definition) is 0. The molecule has 4 heteroatoms. The van der Waals surface area contributed by atoms with Gasteiger partial charge in [-0.2, -0.15) is 0 Å². The smallest absolute Gasteiger partial charge is 0.163 e. The Hall–Kier alpha value is -2.00. The first-order valence-corrected chi connectivity index (χ1v) is 6.54. The van der Waals surface area contributed by atoms with Crippen LogP contribution in [-0.4, -0.2) is 12.9 Å². The van der Waals surface area contributed by atoms with E-state index in [9.17, 15) is 4.79 Å². The van der Waals surface area contributed by atoms with Gasteiger partial charge in [0.1, 0.15) is 18.1 Å². The van der Waals surface area contributed by atoms with Crippen LogP contribution in [0.1, 0.15) is 22.8 Å². The molecular formula is C16H15ClO3. The minimum absolute atomic E-state index is 0.0720. The maximum Gasteiger partial charge on any atom is 0.163 e. The molecule has 104 valence electrons. The summed E-state index contributed by atoms with van der Waals surface area (Å²) in [5, 5.41) is 0.520.